The molecule has 0 aliphatic carbocycles. The van der Waals surface area contributed by atoms with Crippen molar-refractivity contribution in [1.29, 1.82) is 0 Å². The van der Waals surface area contributed by atoms with Crippen LogP contribution >= 0.6 is 11.6 Å². The molecular weight excluding hydrogens is 316 g/mol. The van der Waals surface area contributed by atoms with Crippen LogP contribution in [-0.4, -0.2) is 32.6 Å². The number of esters is 1. The van der Waals surface area contributed by atoms with Gasteiger partial charge in [-0.1, -0.05) is 17.7 Å². The first-order valence-electron chi connectivity index (χ1n) is 6.95. The third kappa shape index (κ3) is 5.00. The van der Waals surface area contributed by atoms with E-state index in [0.717, 1.165) is 5.69 Å². The molecule has 23 heavy (non-hydrogen) atoms. The number of anilines is 2. The number of ether oxygens (including phenoxy) is 1. The number of amides is 1. The Bertz CT molecular complexity index is 699. The van der Waals surface area contributed by atoms with E-state index in [1.54, 1.807) is 30.3 Å². The van der Waals surface area contributed by atoms with Gasteiger partial charge in [-0.2, -0.15) is 0 Å². The summed E-state index contributed by atoms with van der Waals surface area (Å²) < 4.78 is 4.96. The predicted molar refractivity (Wildman–Crippen MR) is 91.1 cm³/mol. The minimum absolute atomic E-state index is 0.306. The van der Waals surface area contributed by atoms with Gasteiger partial charge in [0.05, 0.1) is 5.56 Å². The summed E-state index contributed by atoms with van der Waals surface area (Å²) in [4.78, 5) is 25.6. The van der Waals surface area contributed by atoms with E-state index in [-0.39, 0.29) is 6.61 Å². The average Bonchev–Trinajstić information content (AvgIpc) is 2.53. The zero-order chi connectivity index (χ0) is 16.8. The Morgan fingerprint density at radius 2 is 1.83 bits per heavy atom. The molecule has 2 aromatic rings. The van der Waals surface area contributed by atoms with Crippen molar-refractivity contribution < 1.29 is 14.3 Å². The summed E-state index contributed by atoms with van der Waals surface area (Å²) in [6.07, 6.45) is 0. The van der Waals surface area contributed by atoms with E-state index in [0.29, 0.717) is 16.3 Å². The lowest BCUT2D eigenvalue weighted by molar-refractivity contribution is -0.119. The fraction of sp³-hybridized carbons (Fsp3) is 0.176. The fourth-order valence-electron chi connectivity index (χ4n) is 1.87. The van der Waals surface area contributed by atoms with Crippen molar-refractivity contribution in [3.63, 3.8) is 0 Å². The van der Waals surface area contributed by atoms with Crippen molar-refractivity contribution in [2.75, 3.05) is 30.9 Å². The zero-order valence-electron chi connectivity index (χ0n) is 12.9. The first kappa shape index (κ1) is 16.8. The molecule has 5 nitrogen and oxygen atoms in total. The van der Waals surface area contributed by atoms with Gasteiger partial charge < -0.3 is 15.0 Å². The first-order valence-corrected chi connectivity index (χ1v) is 7.33. The van der Waals surface area contributed by atoms with Crippen LogP contribution in [0, 0.1) is 0 Å². The van der Waals surface area contributed by atoms with Crippen LogP contribution in [0.2, 0.25) is 5.02 Å². The molecule has 0 spiro atoms. The number of hydrogen-bond acceptors (Lipinski definition) is 4. The van der Waals surface area contributed by atoms with Crippen molar-refractivity contribution in [1.82, 2.24) is 0 Å². The highest BCUT2D eigenvalue weighted by molar-refractivity contribution is 6.30. The number of hydrogen-bond donors (Lipinski definition) is 1. The second kappa shape index (κ2) is 7.65. The lowest BCUT2D eigenvalue weighted by atomic mass is 10.2. The third-order valence-electron chi connectivity index (χ3n) is 3.06. The van der Waals surface area contributed by atoms with Crippen molar-refractivity contribution in [2.24, 2.45) is 0 Å². The Labute approximate surface area is 139 Å². The van der Waals surface area contributed by atoms with E-state index in [9.17, 15) is 9.59 Å². The first-order chi connectivity index (χ1) is 11.0. The van der Waals surface area contributed by atoms with Gasteiger partial charge in [0, 0.05) is 30.5 Å². The lowest BCUT2D eigenvalue weighted by Gasteiger charge is -2.13. The highest BCUT2D eigenvalue weighted by atomic mass is 35.5. The third-order valence-corrected chi connectivity index (χ3v) is 3.30. The molecule has 0 radical (unpaired) electrons. The van der Waals surface area contributed by atoms with Crippen molar-refractivity contribution in [3.8, 4) is 0 Å². The number of benzene rings is 2. The van der Waals surface area contributed by atoms with Gasteiger partial charge in [0.25, 0.3) is 5.91 Å². The van der Waals surface area contributed by atoms with Crippen LogP contribution in [0.25, 0.3) is 0 Å². The molecule has 1 amide bonds. The summed E-state index contributed by atoms with van der Waals surface area (Å²) in [5, 5.41) is 3.10. The van der Waals surface area contributed by atoms with Gasteiger partial charge in [-0.25, -0.2) is 4.79 Å². The second-order valence-electron chi connectivity index (χ2n) is 5.08. The molecule has 0 saturated carbocycles. The monoisotopic (exact) mass is 332 g/mol. The van der Waals surface area contributed by atoms with Crippen LogP contribution in [-0.2, 0) is 9.53 Å². The topological polar surface area (TPSA) is 58.6 Å². The van der Waals surface area contributed by atoms with Gasteiger partial charge in [-0.3, -0.25) is 4.79 Å². The highest BCUT2D eigenvalue weighted by Crippen LogP contribution is 2.15. The molecule has 0 aliphatic heterocycles. The average molecular weight is 333 g/mol. The van der Waals surface area contributed by atoms with Crippen molar-refractivity contribution in [3.05, 3.63) is 59.1 Å². The highest BCUT2D eigenvalue weighted by Gasteiger charge is 2.10. The maximum Gasteiger partial charge on any atom is 0.338 e. The number of carbonyl (C=O) groups excluding carboxylic acids is 2. The Morgan fingerprint density at radius 3 is 2.43 bits per heavy atom. The summed E-state index contributed by atoms with van der Waals surface area (Å²) in [6.45, 7) is -0.360. The van der Waals surface area contributed by atoms with Crippen LogP contribution in [0.3, 0.4) is 0 Å². The summed E-state index contributed by atoms with van der Waals surface area (Å²) in [5.74, 6) is -0.997. The number of nitrogens with zero attached hydrogens (tertiary/aromatic N) is 1. The van der Waals surface area contributed by atoms with E-state index in [2.05, 4.69) is 5.32 Å². The Kier molecular flexibility index (Phi) is 5.60. The molecule has 0 fully saturated rings. The van der Waals surface area contributed by atoms with E-state index in [1.807, 2.05) is 31.1 Å². The molecule has 0 aromatic heterocycles. The molecule has 0 aliphatic rings. The largest absolute Gasteiger partial charge is 0.452 e. The van der Waals surface area contributed by atoms with Crippen molar-refractivity contribution >= 4 is 34.9 Å². The Balaban J connectivity index is 1.86. The smallest absolute Gasteiger partial charge is 0.338 e. The molecule has 0 bridgehead atoms. The van der Waals surface area contributed by atoms with E-state index in [4.69, 9.17) is 16.3 Å². The SMILES string of the molecule is CN(C)c1ccc(NC(=O)COC(=O)c2cccc(Cl)c2)cc1. The molecule has 0 atom stereocenters. The predicted octanol–water partition coefficient (Wildman–Crippen LogP) is 3.20. The van der Waals surface area contributed by atoms with Crippen LogP contribution in [0.4, 0.5) is 11.4 Å². The molecule has 2 aromatic carbocycles. The van der Waals surface area contributed by atoms with Gasteiger partial charge >= 0.3 is 5.97 Å². The van der Waals surface area contributed by atoms with E-state index >= 15 is 0 Å². The molecule has 2 rings (SSSR count). The Morgan fingerprint density at radius 1 is 1.13 bits per heavy atom. The van der Waals surface area contributed by atoms with Crippen LogP contribution < -0.4 is 10.2 Å². The quantitative estimate of drug-likeness (QED) is 0.854. The molecule has 6 heteroatoms. The van der Waals surface area contributed by atoms with Gasteiger partial charge in [-0.05, 0) is 42.5 Å². The maximum absolute atomic E-state index is 11.8. The summed E-state index contributed by atoms with van der Waals surface area (Å²) in [5.41, 5.74) is 1.97. The number of carbonyl (C=O) groups is 2. The maximum atomic E-state index is 11.8. The normalized spacial score (nSPS) is 10.0. The van der Waals surface area contributed by atoms with Crippen molar-refractivity contribution in [2.45, 2.75) is 0 Å². The second-order valence-corrected chi connectivity index (χ2v) is 5.51. The molecule has 1 N–H and O–H groups in total. The fourth-order valence-corrected chi connectivity index (χ4v) is 2.06. The van der Waals surface area contributed by atoms with Gasteiger partial charge in [0.2, 0.25) is 0 Å². The van der Waals surface area contributed by atoms with Gasteiger partial charge in [-0.15, -0.1) is 0 Å². The standard InChI is InChI=1S/C17H17ClN2O3/c1-20(2)15-8-6-14(7-9-15)19-16(21)11-23-17(22)12-4-3-5-13(18)10-12/h3-10H,11H2,1-2H3,(H,19,21). The number of rotatable bonds is 5. The van der Waals surface area contributed by atoms with E-state index in [1.165, 1.54) is 6.07 Å². The van der Waals surface area contributed by atoms with Crippen LogP contribution in [0.1, 0.15) is 10.4 Å². The number of nitrogens with one attached hydrogen (secondary N) is 1. The summed E-state index contributed by atoms with van der Waals surface area (Å²) in [6, 6.07) is 13.7. The summed E-state index contributed by atoms with van der Waals surface area (Å²) >= 11 is 5.80. The van der Waals surface area contributed by atoms with Gasteiger partial charge in [0.1, 0.15) is 0 Å². The number of halogens is 1. The minimum atomic E-state index is -0.592. The molecule has 0 saturated heterocycles. The van der Waals surface area contributed by atoms with Gasteiger partial charge in [0.15, 0.2) is 6.61 Å². The van der Waals surface area contributed by atoms with E-state index < -0.39 is 11.9 Å². The minimum Gasteiger partial charge on any atom is -0.452 e. The molecule has 0 heterocycles. The molecule has 0 unspecified atom stereocenters. The molecular formula is C17H17ClN2O3. The van der Waals surface area contributed by atoms with Crippen LogP contribution in [0.15, 0.2) is 48.5 Å². The molecule has 120 valence electrons. The zero-order valence-corrected chi connectivity index (χ0v) is 13.6. The lowest BCUT2D eigenvalue weighted by Crippen LogP contribution is -2.21. The summed E-state index contributed by atoms with van der Waals surface area (Å²) in [7, 11) is 3.87. The van der Waals surface area contributed by atoms with Crippen LogP contribution in [0.5, 0.6) is 0 Å². The Hall–Kier alpha value is -2.53.